The maximum Gasteiger partial charge on any atom is 0.167 e. The maximum atomic E-state index is 8.84. The van der Waals surface area contributed by atoms with Crippen LogP contribution in [0.2, 0.25) is 0 Å². The molecule has 0 saturated carbocycles. The predicted octanol–water partition coefficient (Wildman–Crippen LogP) is 0.939. The molecule has 0 spiro atoms. The summed E-state index contributed by atoms with van der Waals surface area (Å²) >= 11 is 0. The van der Waals surface area contributed by atoms with Gasteiger partial charge in [0.2, 0.25) is 0 Å². The van der Waals surface area contributed by atoms with E-state index in [9.17, 15) is 0 Å². The zero-order valence-electron chi connectivity index (χ0n) is 7.83. The summed E-state index contributed by atoms with van der Waals surface area (Å²) in [5.74, 6) is 0. The molecule has 1 aliphatic rings. The fourth-order valence-corrected chi connectivity index (χ4v) is 1.70. The Morgan fingerprint density at radius 1 is 1.54 bits per heavy atom. The average molecular weight is 176 g/mol. The van der Waals surface area contributed by atoms with Crippen molar-refractivity contribution in [1.82, 2.24) is 15.1 Å². The molecule has 0 bridgehead atoms. The summed E-state index contributed by atoms with van der Waals surface area (Å²) < 4.78 is 1.94. The predicted molar refractivity (Wildman–Crippen MR) is 47.9 cm³/mol. The van der Waals surface area contributed by atoms with Gasteiger partial charge in [0.05, 0.1) is 5.69 Å². The van der Waals surface area contributed by atoms with Crippen LogP contribution < -0.4 is 5.32 Å². The van der Waals surface area contributed by atoms with E-state index in [4.69, 9.17) is 5.26 Å². The van der Waals surface area contributed by atoms with Crippen molar-refractivity contribution < 1.29 is 0 Å². The van der Waals surface area contributed by atoms with Crippen molar-refractivity contribution in [3.63, 3.8) is 0 Å². The molecule has 2 heterocycles. The number of fused-ring (bicyclic) bond motifs is 1. The van der Waals surface area contributed by atoms with Crippen LogP contribution in [0.15, 0.2) is 0 Å². The Kier molecular flexibility index (Phi) is 1.82. The maximum absolute atomic E-state index is 8.84. The van der Waals surface area contributed by atoms with Crippen molar-refractivity contribution in [2.24, 2.45) is 0 Å². The van der Waals surface area contributed by atoms with Crippen molar-refractivity contribution in [3.8, 4) is 6.07 Å². The van der Waals surface area contributed by atoms with Crippen molar-refractivity contribution in [2.75, 3.05) is 0 Å². The van der Waals surface area contributed by atoms with E-state index in [-0.39, 0.29) is 0 Å². The van der Waals surface area contributed by atoms with Crippen LogP contribution >= 0.6 is 0 Å². The first-order valence-corrected chi connectivity index (χ1v) is 4.45. The summed E-state index contributed by atoms with van der Waals surface area (Å²) in [5, 5.41) is 16.3. The van der Waals surface area contributed by atoms with Crippen molar-refractivity contribution in [3.05, 3.63) is 17.0 Å². The van der Waals surface area contributed by atoms with Gasteiger partial charge in [-0.3, -0.25) is 4.68 Å². The van der Waals surface area contributed by atoms with Gasteiger partial charge in [-0.15, -0.1) is 0 Å². The first-order chi connectivity index (χ1) is 6.24. The normalized spacial score (nSPS) is 14.6. The number of nitrogens with zero attached hydrogens (tertiary/aromatic N) is 3. The molecule has 13 heavy (non-hydrogen) atoms. The number of hydrogen-bond donors (Lipinski definition) is 1. The van der Waals surface area contributed by atoms with E-state index in [1.807, 2.05) is 4.68 Å². The Morgan fingerprint density at radius 3 is 2.92 bits per heavy atom. The first-order valence-electron chi connectivity index (χ1n) is 4.45. The monoisotopic (exact) mass is 176 g/mol. The number of rotatable bonds is 1. The lowest BCUT2D eigenvalue weighted by Crippen LogP contribution is -2.11. The summed E-state index contributed by atoms with van der Waals surface area (Å²) in [4.78, 5) is 0. The molecular weight excluding hydrogens is 164 g/mol. The van der Waals surface area contributed by atoms with Gasteiger partial charge in [-0.2, -0.15) is 10.4 Å². The molecule has 0 aromatic carbocycles. The Balaban J connectivity index is 2.56. The molecule has 68 valence electrons. The van der Waals surface area contributed by atoms with E-state index in [2.05, 4.69) is 30.3 Å². The van der Waals surface area contributed by atoms with E-state index in [0.29, 0.717) is 11.7 Å². The summed E-state index contributed by atoms with van der Waals surface area (Å²) in [7, 11) is 0. The van der Waals surface area contributed by atoms with Gasteiger partial charge in [0.15, 0.2) is 5.69 Å². The van der Waals surface area contributed by atoms with Crippen LogP contribution in [0.5, 0.6) is 0 Å². The van der Waals surface area contributed by atoms with E-state index in [0.717, 1.165) is 18.7 Å². The van der Waals surface area contributed by atoms with Gasteiger partial charge in [-0.1, -0.05) is 0 Å². The second-order valence-electron chi connectivity index (χ2n) is 3.53. The van der Waals surface area contributed by atoms with E-state index < -0.39 is 0 Å². The summed E-state index contributed by atoms with van der Waals surface area (Å²) in [5.41, 5.74) is 2.83. The SMILES string of the molecule is CC(C)n1nc(C#N)c2c1CNC2. The number of nitriles is 1. The highest BCUT2D eigenvalue weighted by atomic mass is 15.3. The van der Waals surface area contributed by atoms with Crippen LogP contribution in [-0.4, -0.2) is 9.78 Å². The molecule has 0 radical (unpaired) electrons. The third-order valence-corrected chi connectivity index (χ3v) is 2.31. The molecule has 1 aromatic rings. The highest BCUT2D eigenvalue weighted by Crippen LogP contribution is 2.21. The quantitative estimate of drug-likeness (QED) is 0.692. The zero-order valence-corrected chi connectivity index (χ0v) is 7.83. The molecule has 0 aliphatic carbocycles. The lowest BCUT2D eigenvalue weighted by molar-refractivity contribution is 0.503. The number of nitrogens with one attached hydrogen (secondary N) is 1. The van der Waals surface area contributed by atoms with Crippen LogP contribution in [-0.2, 0) is 13.1 Å². The molecule has 4 nitrogen and oxygen atoms in total. The van der Waals surface area contributed by atoms with Crippen molar-refractivity contribution in [1.29, 1.82) is 5.26 Å². The van der Waals surface area contributed by atoms with Gasteiger partial charge in [0.25, 0.3) is 0 Å². The topological polar surface area (TPSA) is 53.6 Å². The molecular formula is C9H12N4. The molecule has 1 aliphatic heterocycles. The van der Waals surface area contributed by atoms with Crippen molar-refractivity contribution in [2.45, 2.75) is 33.0 Å². The van der Waals surface area contributed by atoms with Crippen LogP contribution in [0.4, 0.5) is 0 Å². The second-order valence-corrected chi connectivity index (χ2v) is 3.53. The molecule has 4 heteroatoms. The van der Waals surface area contributed by atoms with Crippen LogP contribution in [0.3, 0.4) is 0 Å². The van der Waals surface area contributed by atoms with Gasteiger partial charge >= 0.3 is 0 Å². The highest BCUT2D eigenvalue weighted by molar-refractivity contribution is 5.37. The van der Waals surface area contributed by atoms with Gasteiger partial charge in [-0.25, -0.2) is 0 Å². The van der Waals surface area contributed by atoms with Gasteiger partial charge in [0.1, 0.15) is 6.07 Å². The van der Waals surface area contributed by atoms with Crippen LogP contribution in [0.1, 0.15) is 36.8 Å². The minimum atomic E-state index is 0.329. The summed E-state index contributed by atoms with van der Waals surface area (Å²) in [6.45, 7) is 5.77. The summed E-state index contributed by atoms with van der Waals surface area (Å²) in [6, 6.07) is 2.46. The Bertz CT molecular complexity index is 370. The minimum Gasteiger partial charge on any atom is -0.307 e. The molecule has 0 atom stereocenters. The summed E-state index contributed by atoms with van der Waals surface area (Å²) in [6.07, 6.45) is 0. The molecule has 1 aromatic heterocycles. The molecule has 0 fully saturated rings. The molecule has 0 amide bonds. The molecule has 0 unspecified atom stereocenters. The Labute approximate surface area is 77.2 Å². The zero-order chi connectivity index (χ0) is 9.42. The molecule has 1 N–H and O–H groups in total. The Hall–Kier alpha value is -1.34. The van der Waals surface area contributed by atoms with Crippen molar-refractivity contribution >= 4 is 0 Å². The lowest BCUT2D eigenvalue weighted by Gasteiger charge is -2.08. The van der Waals surface area contributed by atoms with E-state index >= 15 is 0 Å². The number of aromatic nitrogens is 2. The van der Waals surface area contributed by atoms with E-state index in [1.165, 1.54) is 5.69 Å². The third-order valence-electron chi connectivity index (χ3n) is 2.31. The van der Waals surface area contributed by atoms with Gasteiger partial charge in [0, 0.05) is 24.7 Å². The molecule has 0 saturated heterocycles. The minimum absolute atomic E-state index is 0.329. The highest BCUT2D eigenvalue weighted by Gasteiger charge is 2.22. The van der Waals surface area contributed by atoms with Crippen LogP contribution in [0.25, 0.3) is 0 Å². The fourth-order valence-electron chi connectivity index (χ4n) is 1.70. The second kappa shape index (κ2) is 2.86. The lowest BCUT2D eigenvalue weighted by atomic mass is 10.2. The third kappa shape index (κ3) is 1.12. The smallest absolute Gasteiger partial charge is 0.167 e. The van der Waals surface area contributed by atoms with E-state index in [1.54, 1.807) is 0 Å². The Morgan fingerprint density at radius 2 is 2.31 bits per heavy atom. The average Bonchev–Trinajstić information content (AvgIpc) is 2.61. The fraction of sp³-hybridized carbons (Fsp3) is 0.556. The van der Waals surface area contributed by atoms with Crippen LogP contribution in [0, 0.1) is 11.3 Å². The largest absolute Gasteiger partial charge is 0.307 e. The first kappa shape index (κ1) is 8.27. The standard InChI is InChI=1S/C9H12N4/c1-6(2)13-9-5-11-4-7(9)8(3-10)12-13/h6,11H,4-5H2,1-2H3. The molecule has 2 rings (SSSR count). The van der Waals surface area contributed by atoms with Gasteiger partial charge in [-0.05, 0) is 13.8 Å². The van der Waals surface area contributed by atoms with Gasteiger partial charge < -0.3 is 5.32 Å². The number of hydrogen-bond acceptors (Lipinski definition) is 3.